The van der Waals surface area contributed by atoms with Gasteiger partial charge in [0, 0.05) is 23.0 Å². The molecule has 1 amide bonds. The number of carbonyl (C=O) groups is 1. The van der Waals surface area contributed by atoms with Gasteiger partial charge in [0.05, 0.1) is 16.4 Å². The number of fused-ring (bicyclic) bond motifs is 1. The molecule has 9 heteroatoms. The number of rotatable bonds is 3. The molecule has 3 aromatic heterocycles. The number of nitrogens with zero attached hydrogens (tertiary/aromatic N) is 4. The number of hydrogen-bond acceptors (Lipinski definition) is 6. The van der Waals surface area contributed by atoms with Crippen molar-refractivity contribution in [2.75, 3.05) is 5.73 Å². The summed E-state index contributed by atoms with van der Waals surface area (Å²) in [4.78, 5) is 22.7. The molecular weight excluding hydrogens is 384 g/mol. The van der Waals surface area contributed by atoms with E-state index >= 15 is 0 Å². The van der Waals surface area contributed by atoms with Crippen LogP contribution >= 0.6 is 22.9 Å². The lowest BCUT2D eigenvalue weighted by molar-refractivity contribution is 0.0929. The van der Waals surface area contributed by atoms with E-state index in [0.29, 0.717) is 16.0 Å². The van der Waals surface area contributed by atoms with E-state index in [1.54, 1.807) is 16.8 Å². The Balaban J connectivity index is 1.55. The third kappa shape index (κ3) is 3.54. The van der Waals surface area contributed by atoms with Gasteiger partial charge in [-0.2, -0.15) is 5.10 Å². The Morgan fingerprint density at radius 2 is 2.19 bits per heavy atom. The molecule has 7 nitrogen and oxygen atoms in total. The van der Waals surface area contributed by atoms with Gasteiger partial charge in [-0.3, -0.25) is 4.79 Å². The SMILES string of the molecule is Cc1cc(C)n(-c2ccc(Cl)c(C(=O)N[C@H]3CCc4nc(N)sc4C3)n2)n1. The molecule has 0 unspecified atom stereocenters. The number of pyridine rings is 1. The number of aromatic nitrogens is 4. The molecule has 3 N–H and O–H groups in total. The lowest BCUT2D eigenvalue weighted by Gasteiger charge is -2.22. The molecule has 0 saturated heterocycles. The molecule has 0 bridgehead atoms. The maximum absolute atomic E-state index is 12.8. The number of nitrogens with two attached hydrogens (primary N) is 1. The Morgan fingerprint density at radius 1 is 1.37 bits per heavy atom. The first kappa shape index (κ1) is 17.9. The predicted octanol–water partition coefficient (Wildman–Crippen LogP) is 2.86. The lowest BCUT2D eigenvalue weighted by atomic mass is 9.97. The molecule has 0 aliphatic heterocycles. The van der Waals surface area contributed by atoms with E-state index in [2.05, 4.69) is 20.4 Å². The summed E-state index contributed by atoms with van der Waals surface area (Å²) >= 11 is 7.73. The second-order valence-electron chi connectivity index (χ2n) is 6.67. The van der Waals surface area contributed by atoms with Crippen molar-refractivity contribution >= 4 is 34.0 Å². The highest BCUT2D eigenvalue weighted by Crippen LogP contribution is 2.28. The van der Waals surface area contributed by atoms with Gasteiger partial charge in [0.1, 0.15) is 5.69 Å². The lowest BCUT2D eigenvalue weighted by Crippen LogP contribution is -2.39. The zero-order valence-electron chi connectivity index (χ0n) is 15.0. The maximum Gasteiger partial charge on any atom is 0.271 e. The summed E-state index contributed by atoms with van der Waals surface area (Å²) in [5, 5.41) is 8.36. The van der Waals surface area contributed by atoms with Gasteiger partial charge in [-0.15, -0.1) is 11.3 Å². The topological polar surface area (TPSA) is 98.7 Å². The van der Waals surface area contributed by atoms with Crippen molar-refractivity contribution in [1.82, 2.24) is 25.1 Å². The molecule has 0 saturated carbocycles. The number of hydrogen-bond donors (Lipinski definition) is 2. The first-order chi connectivity index (χ1) is 12.9. The van der Waals surface area contributed by atoms with Crippen LogP contribution in [0.1, 0.15) is 38.9 Å². The number of nitrogen functional groups attached to an aromatic ring is 1. The molecule has 4 rings (SSSR count). The van der Waals surface area contributed by atoms with Gasteiger partial charge in [-0.1, -0.05) is 11.6 Å². The Morgan fingerprint density at radius 3 is 2.93 bits per heavy atom. The molecule has 140 valence electrons. The largest absolute Gasteiger partial charge is 0.375 e. The van der Waals surface area contributed by atoms with Crippen LogP contribution in [0.5, 0.6) is 0 Å². The smallest absolute Gasteiger partial charge is 0.271 e. The van der Waals surface area contributed by atoms with Crippen LogP contribution in [-0.4, -0.2) is 31.7 Å². The van der Waals surface area contributed by atoms with Gasteiger partial charge in [0.2, 0.25) is 0 Å². The number of amides is 1. The van der Waals surface area contributed by atoms with Crippen molar-refractivity contribution < 1.29 is 4.79 Å². The van der Waals surface area contributed by atoms with Crippen molar-refractivity contribution in [2.24, 2.45) is 0 Å². The molecule has 0 fully saturated rings. The number of carbonyl (C=O) groups excluding carboxylic acids is 1. The fourth-order valence-corrected chi connectivity index (χ4v) is 4.49. The van der Waals surface area contributed by atoms with E-state index in [4.69, 9.17) is 17.3 Å². The first-order valence-electron chi connectivity index (χ1n) is 8.66. The van der Waals surface area contributed by atoms with Crippen LogP contribution in [0.25, 0.3) is 5.82 Å². The summed E-state index contributed by atoms with van der Waals surface area (Å²) in [6.07, 6.45) is 2.35. The summed E-state index contributed by atoms with van der Waals surface area (Å²) in [5.74, 6) is 0.283. The number of thiazole rings is 1. The standard InChI is InChI=1S/C18H19ClN6OS/c1-9-7-10(2)25(24-9)15-6-4-12(19)16(23-15)17(26)21-11-3-5-13-14(8-11)27-18(20)22-13/h4,6-7,11H,3,5,8H2,1-2H3,(H2,20,22)(H,21,26)/t11-/m0/s1. The molecule has 0 aromatic carbocycles. The summed E-state index contributed by atoms with van der Waals surface area (Å²) in [5.41, 5.74) is 8.87. The van der Waals surface area contributed by atoms with E-state index < -0.39 is 0 Å². The van der Waals surface area contributed by atoms with Crippen molar-refractivity contribution in [3.63, 3.8) is 0 Å². The monoisotopic (exact) mass is 402 g/mol. The number of anilines is 1. The van der Waals surface area contributed by atoms with Gasteiger partial charge in [-0.25, -0.2) is 14.6 Å². The quantitative estimate of drug-likeness (QED) is 0.701. The van der Waals surface area contributed by atoms with Gasteiger partial charge >= 0.3 is 0 Å². The predicted molar refractivity (Wildman–Crippen MR) is 106 cm³/mol. The van der Waals surface area contributed by atoms with Crippen LogP contribution in [0.4, 0.5) is 5.13 Å². The van der Waals surface area contributed by atoms with E-state index in [1.165, 1.54) is 11.3 Å². The highest BCUT2D eigenvalue weighted by molar-refractivity contribution is 7.15. The summed E-state index contributed by atoms with van der Waals surface area (Å²) in [6, 6.07) is 5.40. The van der Waals surface area contributed by atoms with Gasteiger partial charge in [0.15, 0.2) is 10.9 Å². The molecule has 0 radical (unpaired) electrons. The summed E-state index contributed by atoms with van der Waals surface area (Å²) < 4.78 is 1.70. The molecule has 3 aromatic rings. The van der Waals surface area contributed by atoms with Crippen LogP contribution in [0.15, 0.2) is 18.2 Å². The molecule has 27 heavy (non-hydrogen) atoms. The molecular formula is C18H19ClN6OS. The van der Waals surface area contributed by atoms with E-state index in [0.717, 1.165) is 41.2 Å². The fourth-order valence-electron chi connectivity index (χ4n) is 3.34. The third-order valence-corrected chi connectivity index (χ3v) is 5.82. The number of aryl methyl sites for hydroxylation is 3. The minimum atomic E-state index is -0.283. The minimum absolute atomic E-state index is 0.0139. The van der Waals surface area contributed by atoms with Crippen molar-refractivity contribution in [1.29, 1.82) is 0 Å². The average Bonchev–Trinajstić information content (AvgIpc) is 3.15. The Bertz CT molecular complexity index is 1030. The summed E-state index contributed by atoms with van der Waals surface area (Å²) in [6.45, 7) is 3.85. The van der Waals surface area contributed by atoms with Crippen molar-refractivity contribution in [2.45, 2.75) is 39.2 Å². The highest BCUT2D eigenvalue weighted by Gasteiger charge is 2.25. The van der Waals surface area contributed by atoms with Crippen LogP contribution in [0, 0.1) is 13.8 Å². The second-order valence-corrected chi connectivity index (χ2v) is 8.20. The van der Waals surface area contributed by atoms with Gasteiger partial charge < -0.3 is 11.1 Å². The Kier molecular flexibility index (Phi) is 4.61. The number of nitrogens with one attached hydrogen (secondary N) is 1. The normalized spacial score (nSPS) is 16.2. The molecule has 1 aliphatic carbocycles. The highest BCUT2D eigenvalue weighted by atomic mass is 35.5. The van der Waals surface area contributed by atoms with Gasteiger partial charge in [0.25, 0.3) is 5.91 Å². The third-order valence-electron chi connectivity index (χ3n) is 4.56. The van der Waals surface area contributed by atoms with Crippen LogP contribution in [-0.2, 0) is 12.8 Å². The molecule has 0 spiro atoms. The average molecular weight is 403 g/mol. The van der Waals surface area contributed by atoms with E-state index in [-0.39, 0.29) is 17.6 Å². The zero-order valence-corrected chi connectivity index (χ0v) is 16.6. The van der Waals surface area contributed by atoms with Crippen LogP contribution < -0.4 is 11.1 Å². The van der Waals surface area contributed by atoms with E-state index in [9.17, 15) is 4.79 Å². The summed E-state index contributed by atoms with van der Waals surface area (Å²) in [7, 11) is 0. The second kappa shape index (κ2) is 6.94. The van der Waals surface area contributed by atoms with Gasteiger partial charge in [-0.05, 0) is 44.9 Å². The first-order valence-corrected chi connectivity index (χ1v) is 9.85. The van der Waals surface area contributed by atoms with Crippen molar-refractivity contribution in [3.8, 4) is 5.82 Å². The number of halogens is 1. The van der Waals surface area contributed by atoms with Crippen LogP contribution in [0.3, 0.4) is 0 Å². The Labute approximate surface area is 165 Å². The zero-order chi connectivity index (χ0) is 19.1. The fraction of sp³-hybridized carbons (Fsp3) is 0.333. The maximum atomic E-state index is 12.8. The molecule has 1 atom stereocenters. The Hall–Kier alpha value is -2.45. The molecule has 3 heterocycles. The minimum Gasteiger partial charge on any atom is -0.375 e. The van der Waals surface area contributed by atoms with E-state index in [1.807, 2.05) is 19.9 Å². The molecule has 1 aliphatic rings. The van der Waals surface area contributed by atoms with Crippen LogP contribution in [0.2, 0.25) is 5.02 Å². The van der Waals surface area contributed by atoms with Crippen molar-refractivity contribution in [3.05, 3.63) is 50.9 Å².